The van der Waals surface area contributed by atoms with Gasteiger partial charge in [0.05, 0.1) is 6.04 Å². The van der Waals surface area contributed by atoms with Crippen molar-refractivity contribution in [3.8, 4) is 0 Å². The van der Waals surface area contributed by atoms with Crippen molar-refractivity contribution in [1.29, 1.82) is 0 Å². The molecule has 0 amide bonds. The summed E-state index contributed by atoms with van der Waals surface area (Å²) < 4.78 is 0. The molecule has 146 valence electrons. The summed E-state index contributed by atoms with van der Waals surface area (Å²) >= 11 is 0. The third-order valence-corrected chi connectivity index (χ3v) is 5.21. The fraction of sp³-hybridized carbons (Fsp3) is 0.667. The highest BCUT2D eigenvalue weighted by molar-refractivity contribution is 5.67. The average Bonchev–Trinajstić information content (AvgIpc) is 3.16. The molecule has 1 fully saturated rings. The SMILES string of the molecule is C=CCC(/C=C/N1CCCC1)CCCCCNC1C=NC=CC1C(O)O. The van der Waals surface area contributed by atoms with E-state index in [1.54, 1.807) is 18.5 Å². The third kappa shape index (κ3) is 7.44. The molecule has 3 atom stereocenters. The zero-order valence-electron chi connectivity index (χ0n) is 15.8. The van der Waals surface area contributed by atoms with Crippen LogP contribution in [-0.4, -0.2) is 53.3 Å². The molecule has 2 aliphatic heterocycles. The predicted octanol–water partition coefficient (Wildman–Crippen LogP) is 2.83. The smallest absolute Gasteiger partial charge is 0.159 e. The highest BCUT2D eigenvalue weighted by atomic mass is 16.5. The number of likely N-dealkylation sites (tertiary alicyclic amines) is 1. The van der Waals surface area contributed by atoms with Crippen LogP contribution < -0.4 is 5.32 Å². The van der Waals surface area contributed by atoms with Crippen LogP contribution in [0.4, 0.5) is 0 Å². The second-order valence-electron chi connectivity index (χ2n) is 7.33. The summed E-state index contributed by atoms with van der Waals surface area (Å²) in [5, 5.41) is 22.2. The van der Waals surface area contributed by atoms with Gasteiger partial charge in [-0.3, -0.25) is 4.99 Å². The Labute approximate surface area is 158 Å². The van der Waals surface area contributed by atoms with Crippen molar-refractivity contribution >= 4 is 6.21 Å². The van der Waals surface area contributed by atoms with Crippen LogP contribution in [0.3, 0.4) is 0 Å². The van der Waals surface area contributed by atoms with Crippen molar-refractivity contribution in [1.82, 2.24) is 10.2 Å². The number of aliphatic imine (C=N–C) groups is 1. The van der Waals surface area contributed by atoms with Gasteiger partial charge in [-0.1, -0.05) is 31.1 Å². The molecule has 0 aromatic heterocycles. The Morgan fingerprint density at radius 1 is 1.23 bits per heavy atom. The molecule has 2 heterocycles. The van der Waals surface area contributed by atoms with Gasteiger partial charge in [-0.05, 0) is 50.8 Å². The average molecular weight is 362 g/mol. The van der Waals surface area contributed by atoms with Gasteiger partial charge in [0.15, 0.2) is 6.29 Å². The van der Waals surface area contributed by atoms with E-state index < -0.39 is 6.29 Å². The number of allylic oxidation sites excluding steroid dienone is 2. The Balaban J connectivity index is 1.59. The number of nitrogens with one attached hydrogen (secondary N) is 1. The molecule has 0 aliphatic carbocycles. The molecule has 0 radical (unpaired) electrons. The predicted molar refractivity (Wildman–Crippen MR) is 108 cm³/mol. The Morgan fingerprint density at radius 2 is 2.04 bits per heavy atom. The molecule has 0 spiro atoms. The van der Waals surface area contributed by atoms with Crippen molar-refractivity contribution in [3.05, 3.63) is 37.2 Å². The molecule has 0 saturated carbocycles. The van der Waals surface area contributed by atoms with Gasteiger partial charge < -0.3 is 20.4 Å². The van der Waals surface area contributed by atoms with Gasteiger partial charge in [0.1, 0.15) is 0 Å². The van der Waals surface area contributed by atoms with Gasteiger partial charge in [0.25, 0.3) is 0 Å². The fourth-order valence-electron chi connectivity index (χ4n) is 3.60. The lowest BCUT2D eigenvalue weighted by atomic mass is 9.97. The summed E-state index contributed by atoms with van der Waals surface area (Å²) in [6.45, 7) is 7.16. The third-order valence-electron chi connectivity index (χ3n) is 5.21. The van der Waals surface area contributed by atoms with Crippen LogP contribution in [0, 0.1) is 11.8 Å². The second-order valence-corrected chi connectivity index (χ2v) is 7.33. The Bertz CT molecular complexity index is 482. The topological polar surface area (TPSA) is 68.1 Å². The highest BCUT2D eigenvalue weighted by Crippen LogP contribution is 2.18. The normalized spacial score (nSPS) is 24.0. The Kier molecular flexibility index (Phi) is 9.67. The first-order chi connectivity index (χ1) is 12.7. The van der Waals surface area contributed by atoms with E-state index in [1.165, 1.54) is 45.2 Å². The molecular weight excluding hydrogens is 326 g/mol. The lowest BCUT2D eigenvalue weighted by molar-refractivity contribution is -0.0735. The van der Waals surface area contributed by atoms with Crippen LogP contribution in [0.25, 0.3) is 0 Å². The Morgan fingerprint density at radius 3 is 2.77 bits per heavy atom. The Hall–Kier alpha value is -1.43. The maximum atomic E-state index is 9.41. The first kappa shape index (κ1) is 20.9. The first-order valence-corrected chi connectivity index (χ1v) is 10.0. The van der Waals surface area contributed by atoms with Crippen LogP contribution in [-0.2, 0) is 0 Å². The van der Waals surface area contributed by atoms with Crippen molar-refractivity contribution in [2.24, 2.45) is 16.8 Å². The minimum atomic E-state index is -1.35. The maximum Gasteiger partial charge on any atom is 0.159 e. The zero-order chi connectivity index (χ0) is 18.6. The molecule has 26 heavy (non-hydrogen) atoms. The van der Waals surface area contributed by atoms with E-state index in [1.807, 2.05) is 6.08 Å². The lowest BCUT2D eigenvalue weighted by Gasteiger charge is -2.25. The van der Waals surface area contributed by atoms with E-state index in [-0.39, 0.29) is 12.0 Å². The highest BCUT2D eigenvalue weighted by Gasteiger charge is 2.24. The van der Waals surface area contributed by atoms with E-state index in [0.717, 1.165) is 19.4 Å². The molecule has 1 saturated heterocycles. The van der Waals surface area contributed by atoms with Gasteiger partial charge >= 0.3 is 0 Å². The van der Waals surface area contributed by atoms with E-state index in [4.69, 9.17) is 0 Å². The van der Waals surface area contributed by atoms with Crippen molar-refractivity contribution in [3.63, 3.8) is 0 Å². The first-order valence-electron chi connectivity index (χ1n) is 10.0. The summed E-state index contributed by atoms with van der Waals surface area (Å²) in [5.74, 6) is 0.269. The number of rotatable bonds is 12. The largest absolute Gasteiger partial charge is 0.378 e. The van der Waals surface area contributed by atoms with Crippen molar-refractivity contribution < 1.29 is 10.2 Å². The number of aliphatic hydroxyl groups excluding tert-OH is 1. The monoisotopic (exact) mass is 361 g/mol. The minimum Gasteiger partial charge on any atom is -0.378 e. The molecule has 3 N–H and O–H groups in total. The van der Waals surface area contributed by atoms with Crippen molar-refractivity contribution in [2.75, 3.05) is 19.6 Å². The van der Waals surface area contributed by atoms with Crippen LogP contribution in [0.5, 0.6) is 0 Å². The number of hydrogen-bond acceptors (Lipinski definition) is 5. The van der Waals surface area contributed by atoms with Gasteiger partial charge in [-0.15, -0.1) is 6.58 Å². The fourth-order valence-corrected chi connectivity index (χ4v) is 3.60. The quantitative estimate of drug-likeness (QED) is 0.284. The summed E-state index contributed by atoms with van der Waals surface area (Å²) in [4.78, 5) is 6.51. The van der Waals surface area contributed by atoms with Gasteiger partial charge in [-0.2, -0.15) is 0 Å². The standard InChI is InChI=1S/C21H35N3O2/c1-2-8-18(11-16-24-14-6-7-15-24)9-4-3-5-12-23-20-17-22-13-10-19(20)21(25)26/h2,10-11,13,16-21,23,25-26H,1,3-9,12,14-15H2/b16-11+. The van der Waals surface area contributed by atoms with E-state index in [0.29, 0.717) is 5.92 Å². The van der Waals surface area contributed by atoms with Gasteiger partial charge in [0.2, 0.25) is 0 Å². The molecule has 2 aliphatic rings. The van der Waals surface area contributed by atoms with Crippen LogP contribution >= 0.6 is 0 Å². The number of aliphatic hydroxyl groups is 2. The van der Waals surface area contributed by atoms with Crippen LogP contribution in [0.2, 0.25) is 0 Å². The van der Waals surface area contributed by atoms with E-state index in [2.05, 4.69) is 34.1 Å². The molecular formula is C21H35N3O2. The summed E-state index contributed by atoms with van der Waals surface area (Å²) in [6, 6.07) is -0.100. The molecule has 0 aromatic carbocycles. The van der Waals surface area contributed by atoms with Crippen molar-refractivity contribution in [2.45, 2.75) is 57.3 Å². The zero-order valence-corrected chi connectivity index (χ0v) is 15.8. The molecule has 0 bridgehead atoms. The van der Waals surface area contributed by atoms with Gasteiger partial charge in [-0.25, -0.2) is 0 Å². The van der Waals surface area contributed by atoms with Gasteiger partial charge in [0, 0.05) is 31.4 Å². The van der Waals surface area contributed by atoms with Crippen LogP contribution in [0.1, 0.15) is 44.9 Å². The number of nitrogens with zero attached hydrogens (tertiary/aromatic N) is 2. The summed E-state index contributed by atoms with van der Waals surface area (Å²) in [7, 11) is 0. The number of unbranched alkanes of at least 4 members (excludes halogenated alkanes) is 2. The van der Waals surface area contributed by atoms with E-state index in [9.17, 15) is 10.2 Å². The lowest BCUT2D eigenvalue weighted by Crippen LogP contribution is -2.43. The molecule has 5 heteroatoms. The van der Waals surface area contributed by atoms with Crippen LogP contribution in [0.15, 0.2) is 42.2 Å². The summed E-state index contributed by atoms with van der Waals surface area (Å²) in [6.07, 6.45) is 18.8. The number of hydrogen-bond donors (Lipinski definition) is 3. The maximum absolute atomic E-state index is 9.41. The molecule has 2 rings (SSSR count). The molecule has 0 aromatic rings. The summed E-state index contributed by atoms with van der Waals surface area (Å²) in [5.41, 5.74) is 0. The molecule has 3 unspecified atom stereocenters. The second kappa shape index (κ2) is 12.0. The molecule has 5 nitrogen and oxygen atoms in total. The van der Waals surface area contributed by atoms with E-state index >= 15 is 0 Å². The minimum absolute atomic E-state index is 0.100.